The van der Waals surface area contributed by atoms with E-state index in [2.05, 4.69) is 5.32 Å². The Morgan fingerprint density at radius 2 is 2.41 bits per heavy atom. The van der Waals surface area contributed by atoms with Crippen LogP contribution >= 0.6 is 11.8 Å². The molecule has 2 saturated heterocycles. The van der Waals surface area contributed by atoms with Gasteiger partial charge in [0.25, 0.3) is 0 Å². The lowest BCUT2D eigenvalue weighted by Crippen LogP contribution is -2.60. The first-order valence-corrected chi connectivity index (χ1v) is 7.30. The molecule has 4 nitrogen and oxygen atoms in total. The minimum atomic E-state index is -0.301. The van der Waals surface area contributed by atoms with E-state index in [1.807, 2.05) is 13.8 Å². The van der Waals surface area contributed by atoms with Crippen LogP contribution in [0.15, 0.2) is 0 Å². The number of hydrogen-bond acceptors (Lipinski definition) is 3. The molecule has 1 N–H and O–H groups in total. The maximum absolute atomic E-state index is 12.6. The molecule has 0 aromatic carbocycles. The first kappa shape index (κ1) is 12.7. The zero-order chi connectivity index (χ0) is 12.5. The summed E-state index contributed by atoms with van der Waals surface area (Å²) in [7, 11) is 0. The summed E-state index contributed by atoms with van der Waals surface area (Å²) >= 11 is 1.74. The third-order valence-corrected chi connectivity index (χ3v) is 5.16. The average molecular weight is 256 g/mol. The van der Waals surface area contributed by atoms with Crippen molar-refractivity contribution in [3.05, 3.63) is 0 Å². The van der Waals surface area contributed by atoms with Crippen molar-refractivity contribution in [3.63, 3.8) is 0 Å². The van der Waals surface area contributed by atoms with Gasteiger partial charge in [0, 0.05) is 13.1 Å². The standard InChI is InChI=1S/C12H20N2O2S/c1-3-9-10(15)13-6-7-14(9)11(16)12(2)5-4-8-17-12/h9H,3-8H2,1-2H3,(H,13,15). The fourth-order valence-electron chi connectivity index (χ4n) is 2.62. The van der Waals surface area contributed by atoms with Crippen LogP contribution in [0.4, 0.5) is 0 Å². The van der Waals surface area contributed by atoms with Gasteiger partial charge in [-0.1, -0.05) is 6.92 Å². The van der Waals surface area contributed by atoms with Crippen molar-refractivity contribution in [2.75, 3.05) is 18.8 Å². The molecule has 2 aliphatic heterocycles. The third kappa shape index (κ3) is 2.30. The molecule has 17 heavy (non-hydrogen) atoms. The highest BCUT2D eigenvalue weighted by atomic mass is 32.2. The molecule has 2 rings (SSSR count). The van der Waals surface area contributed by atoms with Crippen molar-refractivity contribution < 1.29 is 9.59 Å². The number of rotatable bonds is 2. The van der Waals surface area contributed by atoms with Gasteiger partial charge in [0.15, 0.2) is 0 Å². The molecule has 0 aromatic heterocycles. The highest BCUT2D eigenvalue weighted by Crippen LogP contribution is 2.39. The lowest BCUT2D eigenvalue weighted by atomic mass is 10.0. The van der Waals surface area contributed by atoms with Crippen LogP contribution in [0.1, 0.15) is 33.1 Å². The van der Waals surface area contributed by atoms with E-state index in [4.69, 9.17) is 0 Å². The first-order valence-electron chi connectivity index (χ1n) is 6.31. The Morgan fingerprint density at radius 3 is 3.00 bits per heavy atom. The number of amides is 2. The molecule has 2 atom stereocenters. The third-order valence-electron chi connectivity index (χ3n) is 3.65. The normalized spacial score (nSPS) is 33.6. The number of piperazine rings is 1. The smallest absolute Gasteiger partial charge is 0.242 e. The fraction of sp³-hybridized carbons (Fsp3) is 0.833. The second kappa shape index (κ2) is 4.88. The van der Waals surface area contributed by atoms with Crippen LogP contribution in [-0.4, -0.2) is 46.3 Å². The van der Waals surface area contributed by atoms with Gasteiger partial charge in [-0.3, -0.25) is 9.59 Å². The van der Waals surface area contributed by atoms with Crippen molar-refractivity contribution in [1.82, 2.24) is 10.2 Å². The van der Waals surface area contributed by atoms with Crippen molar-refractivity contribution in [1.29, 1.82) is 0 Å². The van der Waals surface area contributed by atoms with E-state index in [0.29, 0.717) is 19.5 Å². The van der Waals surface area contributed by atoms with E-state index in [1.165, 1.54) is 0 Å². The van der Waals surface area contributed by atoms with Gasteiger partial charge in [-0.25, -0.2) is 0 Å². The lowest BCUT2D eigenvalue weighted by molar-refractivity contribution is -0.144. The number of nitrogens with one attached hydrogen (secondary N) is 1. The van der Waals surface area contributed by atoms with E-state index >= 15 is 0 Å². The number of carbonyl (C=O) groups excluding carboxylic acids is 2. The van der Waals surface area contributed by atoms with Crippen LogP contribution in [0.5, 0.6) is 0 Å². The first-order chi connectivity index (χ1) is 8.08. The molecule has 2 aliphatic rings. The van der Waals surface area contributed by atoms with E-state index < -0.39 is 0 Å². The molecular weight excluding hydrogens is 236 g/mol. The summed E-state index contributed by atoms with van der Waals surface area (Å²) in [5.74, 6) is 1.21. The molecule has 2 unspecified atom stereocenters. The summed E-state index contributed by atoms with van der Waals surface area (Å²) in [4.78, 5) is 26.1. The van der Waals surface area contributed by atoms with Gasteiger partial charge in [0.05, 0.1) is 4.75 Å². The summed E-state index contributed by atoms with van der Waals surface area (Å²) in [6, 6.07) is -0.269. The van der Waals surface area contributed by atoms with E-state index in [0.717, 1.165) is 18.6 Å². The lowest BCUT2D eigenvalue weighted by Gasteiger charge is -2.38. The van der Waals surface area contributed by atoms with Crippen LogP contribution in [0.3, 0.4) is 0 Å². The average Bonchev–Trinajstić information content (AvgIpc) is 2.76. The maximum atomic E-state index is 12.6. The highest BCUT2D eigenvalue weighted by Gasteiger charge is 2.43. The van der Waals surface area contributed by atoms with Gasteiger partial charge in [-0.15, -0.1) is 11.8 Å². The van der Waals surface area contributed by atoms with E-state index in [9.17, 15) is 9.59 Å². The SMILES string of the molecule is CCC1C(=O)NCCN1C(=O)C1(C)CCCS1. The molecule has 2 fully saturated rings. The number of nitrogens with zero attached hydrogens (tertiary/aromatic N) is 1. The Hall–Kier alpha value is -0.710. The monoisotopic (exact) mass is 256 g/mol. The van der Waals surface area contributed by atoms with Gasteiger partial charge in [-0.05, 0) is 31.9 Å². The predicted molar refractivity (Wildman–Crippen MR) is 68.9 cm³/mol. The molecule has 0 aliphatic carbocycles. The minimum Gasteiger partial charge on any atom is -0.353 e. The molecule has 96 valence electrons. The van der Waals surface area contributed by atoms with Gasteiger partial charge in [0.1, 0.15) is 6.04 Å². The molecule has 0 spiro atoms. The summed E-state index contributed by atoms with van der Waals surface area (Å²) in [5, 5.41) is 2.83. The fourth-order valence-corrected chi connectivity index (χ4v) is 3.88. The zero-order valence-electron chi connectivity index (χ0n) is 10.5. The Balaban J connectivity index is 2.14. The van der Waals surface area contributed by atoms with Crippen LogP contribution in [0, 0.1) is 0 Å². The second-order valence-electron chi connectivity index (χ2n) is 4.90. The van der Waals surface area contributed by atoms with Crippen LogP contribution in [0.2, 0.25) is 0 Å². The molecular formula is C12H20N2O2S. The van der Waals surface area contributed by atoms with Gasteiger partial charge in [-0.2, -0.15) is 0 Å². The van der Waals surface area contributed by atoms with E-state index in [-0.39, 0.29) is 22.6 Å². The molecule has 0 bridgehead atoms. The molecule has 2 heterocycles. The van der Waals surface area contributed by atoms with Gasteiger partial charge in [0.2, 0.25) is 11.8 Å². The Bertz CT molecular complexity index is 326. The summed E-state index contributed by atoms with van der Waals surface area (Å²) in [5.41, 5.74) is 0. The summed E-state index contributed by atoms with van der Waals surface area (Å²) < 4.78 is -0.301. The Labute approximate surface area is 106 Å². The minimum absolute atomic E-state index is 0.00121. The summed E-state index contributed by atoms with van der Waals surface area (Å²) in [6.07, 6.45) is 2.73. The quantitative estimate of drug-likeness (QED) is 0.802. The maximum Gasteiger partial charge on any atom is 0.242 e. The number of hydrogen-bond donors (Lipinski definition) is 1. The second-order valence-corrected chi connectivity index (χ2v) is 6.49. The Kier molecular flexibility index (Phi) is 3.66. The van der Waals surface area contributed by atoms with Gasteiger partial charge < -0.3 is 10.2 Å². The van der Waals surface area contributed by atoms with Gasteiger partial charge >= 0.3 is 0 Å². The number of thioether (sulfide) groups is 1. The van der Waals surface area contributed by atoms with Crippen molar-refractivity contribution in [3.8, 4) is 0 Å². The predicted octanol–water partition coefficient (Wildman–Crippen LogP) is 1.01. The largest absolute Gasteiger partial charge is 0.353 e. The molecule has 0 radical (unpaired) electrons. The van der Waals surface area contributed by atoms with Crippen LogP contribution in [-0.2, 0) is 9.59 Å². The number of carbonyl (C=O) groups is 2. The van der Waals surface area contributed by atoms with Crippen LogP contribution in [0.25, 0.3) is 0 Å². The molecule has 5 heteroatoms. The van der Waals surface area contributed by atoms with Crippen molar-refractivity contribution >= 4 is 23.6 Å². The molecule has 0 saturated carbocycles. The molecule has 0 aromatic rings. The Morgan fingerprint density at radius 1 is 1.65 bits per heavy atom. The zero-order valence-corrected chi connectivity index (χ0v) is 11.3. The highest BCUT2D eigenvalue weighted by molar-refractivity contribution is 8.01. The van der Waals surface area contributed by atoms with Crippen molar-refractivity contribution in [2.24, 2.45) is 0 Å². The van der Waals surface area contributed by atoms with E-state index in [1.54, 1.807) is 16.7 Å². The molecule has 2 amide bonds. The van der Waals surface area contributed by atoms with Crippen molar-refractivity contribution in [2.45, 2.75) is 43.9 Å². The van der Waals surface area contributed by atoms with Crippen LogP contribution < -0.4 is 5.32 Å². The summed E-state index contributed by atoms with van der Waals surface area (Å²) in [6.45, 7) is 5.22. The topological polar surface area (TPSA) is 49.4 Å².